The van der Waals surface area contributed by atoms with E-state index in [0.29, 0.717) is 25.1 Å². The number of hydrogen-bond acceptors (Lipinski definition) is 7. The van der Waals surface area contributed by atoms with Gasteiger partial charge in [0.2, 0.25) is 11.8 Å². The number of aromatic nitrogens is 1. The molecule has 1 aromatic carbocycles. The molecule has 9 nitrogen and oxygen atoms in total. The zero-order chi connectivity index (χ0) is 22.1. The third-order valence-electron chi connectivity index (χ3n) is 6.37. The average molecular weight is 435 g/mol. The summed E-state index contributed by atoms with van der Waals surface area (Å²) in [6, 6.07) is 9.09. The van der Waals surface area contributed by atoms with Crippen LogP contribution in [0.3, 0.4) is 0 Å². The number of piperidine rings is 1. The van der Waals surface area contributed by atoms with Crippen molar-refractivity contribution in [2.45, 2.75) is 32.0 Å². The van der Waals surface area contributed by atoms with E-state index in [9.17, 15) is 14.4 Å². The van der Waals surface area contributed by atoms with Crippen LogP contribution >= 0.6 is 0 Å². The molecule has 5 rings (SSSR count). The highest BCUT2D eigenvalue weighted by molar-refractivity contribution is 6.05. The van der Waals surface area contributed by atoms with Gasteiger partial charge in [0.25, 0.3) is 5.91 Å². The minimum Gasteiger partial charge on any atom is -0.368 e. The van der Waals surface area contributed by atoms with Gasteiger partial charge in [-0.2, -0.15) is 0 Å². The SMILES string of the molecule is O=C1CCC(N2Cc3c(CNc4ccc(N5CCNCC5)cn4)cccc3C2=O)C(=O)N1. The number of rotatable bonds is 5. The molecule has 0 spiro atoms. The number of amides is 3. The lowest BCUT2D eigenvalue weighted by Crippen LogP contribution is -2.52. The molecule has 3 aliphatic rings. The van der Waals surface area contributed by atoms with Crippen LogP contribution in [0, 0.1) is 0 Å². The van der Waals surface area contributed by atoms with Gasteiger partial charge in [-0.1, -0.05) is 12.1 Å². The number of piperazine rings is 1. The maximum Gasteiger partial charge on any atom is 0.255 e. The quantitative estimate of drug-likeness (QED) is 0.600. The molecule has 166 valence electrons. The van der Waals surface area contributed by atoms with Crippen molar-refractivity contribution in [3.63, 3.8) is 0 Å². The minimum absolute atomic E-state index is 0.158. The fraction of sp³-hybridized carbons (Fsp3) is 0.391. The number of pyridine rings is 1. The number of hydrogen-bond donors (Lipinski definition) is 3. The molecule has 1 atom stereocenters. The summed E-state index contributed by atoms with van der Waals surface area (Å²) < 4.78 is 0. The van der Waals surface area contributed by atoms with Crippen molar-refractivity contribution in [3.8, 4) is 0 Å². The maximum atomic E-state index is 13.0. The molecular weight excluding hydrogens is 408 g/mol. The highest BCUT2D eigenvalue weighted by Gasteiger charge is 2.39. The highest BCUT2D eigenvalue weighted by Crippen LogP contribution is 2.30. The van der Waals surface area contributed by atoms with E-state index in [-0.39, 0.29) is 18.2 Å². The molecule has 0 saturated carbocycles. The van der Waals surface area contributed by atoms with Crippen LogP contribution in [0.25, 0.3) is 0 Å². The molecule has 9 heteroatoms. The Kier molecular flexibility index (Phi) is 5.48. The molecule has 0 radical (unpaired) electrons. The number of carbonyl (C=O) groups is 3. The molecule has 1 unspecified atom stereocenters. The Morgan fingerprint density at radius 1 is 1.09 bits per heavy atom. The number of fused-ring (bicyclic) bond motifs is 1. The molecule has 0 aliphatic carbocycles. The van der Waals surface area contributed by atoms with E-state index in [4.69, 9.17) is 0 Å². The Hall–Kier alpha value is -3.46. The molecule has 3 aliphatic heterocycles. The Balaban J connectivity index is 1.27. The van der Waals surface area contributed by atoms with Gasteiger partial charge in [-0.3, -0.25) is 19.7 Å². The summed E-state index contributed by atoms with van der Waals surface area (Å²) in [6.45, 7) is 4.80. The van der Waals surface area contributed by atoms with Gasteiger partial charge >= 0.3 is 0 Å². The second-order valence-corrected chi connectivity index (χ2v) is 8.34. The summed E-state index contributed by atoms with van der Waals surface area (Å²) in [7, 11) is 0. The van der Waals surface area contributed by atoms with Crippen LogP contribution in [0.5, 0.6) is 0 Å². The van der Waals surface area contributed by atoms with Gasteiger partial charge in [0.05, 0.1) is 11.9 Å². The molecule has 1 aromatic heterocycles. The van der Waals surface area contributed by atoms with Gasteiger partial charge in [0.1, 0.15) is 11.9 Å². The van der Waals surface area contributed by atoms with E-state index < -0.39 is 11.9 Å². The molecule has 0 bridgehead atoms. The van der Waals surface area contributed by atoms with Crippen molar-refractivity contribution >= 4 is 29.2 Å². The smallest absolute Gasteiger partial charge is 0.255 e. The number of benzene rings is 1. The monoisotopic (exact) mass is 434 g/mol. The number of nitrogens with zero attached hydrogens (tertiary/aromatic N) is 3. The van der Waals surface area contributed by atoms with Crippen molar-refractivity contribution in [2.24, 2.45) is 0 Å². The lowest BCUT2D eigenvalue weighted by molar-refractivity contribution is -0.136. The molecule has 2 aromatic rings. The first-order chi connectivity index (χ1) is 15.6. The minimum atomic E-state index is -0.604. The predicted molar refractivity (Wildman–Crippen MR) is 119 cm³/mol. The zero-order valence-corrected chi connectivity index (χ0v) is 17.8. The summed E-state index contributed by atoms with van der Waals surface area (Å²) in [5.74, 6) is -0.0608. The van der Waals surface area contributed by atoms with E-state index in [0.717, 1.165) is 48.8 Å². The molecule has 3 N–H and O–H groups in total. The fourth-order valence-electron chi connectivity index (χ4n) is 4.60. The number of carbonyl (C=O) groups excluding carboxylic acids is 3. The Morgan fingerprint density at radius 2 is 1.94 bits per heavy atom. The lowest BCUT2D eigenvalue weighted by Gasteiger charge is -2.29. The van der Waals surface area contributed by atoms with E-state index >= 15 is 0 Å². The fourth-order valence-corrected chi connectivity index (χ4v) is 4.60. The van der Waals surface area contributed by atoms with Crippen molar-refractivity contribution in [3.05, 3.63) is 53.2 Å². The largest absolute Gasteiger partial charge is 0.368 e. The number of anilines is 2. The third-order valence-corrected chi connectivity index (χ3v) is 6.37. The zero-order valence-electron chi connectivity index (χ0n) is 17.8. The Labute approximate surface area is 186 Å². The molecule has 4 heterocycles. The first-order valence-corrected chi connectivity index (χ1v) is 11.0. The molecule has 3 amide bonds. The number of imide groups is 1. The molecule has 32 heavy (non-hydrogen) atoms. The third kappa shape index (κ3) is 3.91. The van der Waals surface area contributed by atoms with Crippen LogP contribution in [0.15, 0.2) is 36.5 Å². The standard InChI is InChI=1S/C23H26N6O3/c30-21-7-5-19(22(31)27-21)29-14-18-15(2-1-3-17(18)23(29)32)12-25-20-6-4-16(13-26-20)28-10-8-24-9-11-28/h1-4,6,13,19,24H,5,7-12,14H2,(H,25,26)(H,27,30,31). The van der Waals surface area contributed by atoms with E-state index in [1.54, 1.807) is 11.0 Å². The summed E-state index contributed by atoms with van der Waals surface area (Å²) in [5, 5.41) is 9.04. The van der Waals surface area contributed by atoms with Crippen molar-refractivity contribution in [1.82, 2.24) is 20.5 Å². The Morgan fingerprint density at radius 3 is 2.69 bits per heavy atom. The summed E-state index contributed by atoms with van der Waals surface area (Å²) in [5.41, 5.74) is 3.66. The van der Waals surface area contributed by atoms with Gasteiger partial charge < -0.3 is 20.4 Å². The first kappa shape index (κ1) is 20.4. The number of nitrogens with one attached hydrogen (secondary N) is 3. The van der Waals surface area contributed by atoms with Crippen LogP contribution in [-0.4, -0.2) is 59.8 Å². The van der Waals surface area contributed by atoms with E-state index in [1.807, 2.05) is 24.4 Å². The van der Waals surface area contributed by atoms with Crippen LogP contribution in [0.2, 0.25) is 0 Å². The maximum absolute atomic E-state index is 13.0. The topological polar surface area (TPSA) is 107 Å². The van der Waals surface area contributed by atoms with Crippen molar-refractivity contribution < 1.29 is 14.4 Å². The van der Waals surface area contributed by atoms with Gasteiger partial charge in [-0.05, 0) is 35.7 Å². The summed E-state index contributed by atoms with van der Waals surface area (Å²) >= 11 is 0. The lowest BCUT2D eigenvalue weighted by atomic mass is 10.0. The second-order valence-electron chi connectivity index (χ2n) is 8.34. The van der Waals surface area contributed by atoms with Crippen LogP contribution in [0.1, 0.15) is 34.3 Å². The first-order valence-electron chi connectivity index (χ1n) is 11.0. The van der Waals surface area contributed by atoms with Gasteiger partial charge in [0.15, 0.2) is 0 Å². The second kappa shape index (κ2) is 8.58. The molecule has 2 fully saturated rings. The predicted octanol–water partition coefficient (Wildman–Crippen LogP) is 0.864. The summed E-state index contributed by atoms with van der Waals surface area (Å²) in [4.78, 5) is 45.1. The summed E-state index contributed by atoms with van der Waals surface area (Å²) in [6.07, 6.45) is 2.50. The van der Waals surface area contributed by atoms with E-state index in [1.165, 1.54) is 0 Å². The van der Waals surface area contributed by atoms with Gasteiger partial charge in [-0.25, -0.2) is 4.98 Å². The normalized spacial score (nSPS) is 20.9. The molecular formula is C23H26N6O3. The van der Waals surface area contributed by atoms with Crippen LogP contribution < -0.4 is 20.9 Å². The van der Waals surface area contributed by atoms with Crippen LogP contribution in [0.4, 0.5) is 11.5 Å². The average Bonchev–Trinajstić information content (AvgIpc) is 3.15. The van der Waals surface area contributed by atoms with Gasteiger partial charge in [-0.15, -0.1) is 0 Å². The van der Waals surface area contributed by atoms with Crippen LogP contribution in [-0.2, 0) is 22.7 Å². The highest BCUT2D eigenvalue weighted by atomic mass is 16.2. The van der Waals surface area contributed by atoms with Crippen molar-refractivity contribution in [2.75, 3.05) is 36.4 Å². The van der Waals surface area contributed by atoms with E-state index in [2.05, 4.69) is 31.9 Å². The van der Waals surface area contributed by atoms with Crippen molar-refractivity contribution in [1.29, 1.82) is 0 Å². The Bertz CT molecular complexity index is 1050. The molecule has 2 saturated heterocycles. The van der Waals surface area contributed by atoms with Gasteiger partial charge in [0, 0.05) is 51.3 Å².